The Morgan fingerprint density at radius 2 is 1.76 bits per heavy atom. The van der Waals surface area contributed by atoms with Gasteiger partial charge in [0.1, 0.15) is 6.04 Å². The molecule has 0 spiro atoms. The van der Waals surface area contributed by atoms with E-state index < -0.39 is 6.04 Å². The van der Waals surface area contributed by atoms with Crippen LogP contribution in [-0.2, 0) is 4.79 Å². The molecule has 0 aliphatic carbocycles. The Bertz CT molecular complexity index is 693. The van der Waals surface area contributed by atoms with Gasteiger partial charge in [-0.25, -0.2) is 0 Å². The first-order valence-electron chi connectivity index (χ1n) is 6.73. The van der Waals surface area contributed by atoms with E-state index >= 15 is 0 Å². The van der Waals surface area contributed by atoms with Gasteiger partial charge in [-0.05, 0) is 29.8 Å². The maximum absolute atomic E-state index is 12.7. The van der Waals surface area contributed by atoms with Crippen LogP contribution in [0.15, 0.2) is 79.4 Å². The predicted molar refractivity (Wildman–Crippen MR) is 81.9 cm³/mol. The van der Waals surface area contributed by atoms with Crippen LogP contribution >= 0.6 is 0 Å². The normalized spacial score (nSPS) is 11.8. The minimum Gasteiger partial charge on any atom is -0.338 e. The lowest BCUT2D eigenvalue weighted by atomic mass is 10.1. The first kappa shape index (κ1) is 13.1. The third-order valence-electron chi connectivity index (χ3n) is 3.22. The summed E-state index contributed by atoms with van der Waals surface area (Å²) in [5, 5.41) is 2.91. The van der Waals surface area contributed by atoms with Crippen LogP contribution < -0.4 is 5.32 Å². The van der Waals surface area contributed by atoms with Crippen LogP contribution in [0.25, 0.3) is 0 Å². The first-order chi connectivity index (χ1) is 10.3. The van der Waals surface area contributed by atoms with Gasteiger partial charge in [0.05, 0.1) is 11.9 Å². The molecule has 1 N–H and O–H groups in total. The van der Waals surface area contributed by atoms with Crippen molar-refractivity contribution in [1.29, 1.82) is 0 Å². The van der Waals surface area contributed by atoms with Crippen molar-refractivity contribution in [2.45, 2.75) is 6.04 Å². The SMILES string of the molecule is O=C(Nc1cccnc1)[C@H](c1ccccc1)n1cccc1. The number of nitrogens with zero attached hydrogens (tertiary/aromatic N) is 2. The average Bonchev–Trinajstić information content (AvgIpc) is 3.03. The van der Waals surface area contributed by atoms with E-state index in [1.807, 2.05) is 65.5 Å². The van der Waals surface area contributed by atoms with Gasteiger partial charge in [-0.1, -0.05) is 30.3 Å². The number of amides is 1. The van der Waals surface area contributed by atoms with Crippen molar-refractivity contribution in [3.05, 3.63) is 84.9 Å². The van der Waals surface area contributed by atoms with Gasteiger partial charge in [-0.2, -0.15) is 0 Å². The molecule has 1 amide bonds. The van der Waals surface area contributed by atoms with E-state index in [1.54, 1.807) is 18.5 Å². The lowest BCUT2D eigenvalue weighted by Crippen LogP contribution is -2.26. The summed E-state index contributed by atoms with van der Waals surface area (Å²) >= 11 is 0. The molecule has 0 radical (unpaired) electrons. The van der Waals surface area contributed by atoms with Gasteiger partial charge < -0.3 is 9.88 Å². The fourth-order valence-electron chi connectivity index (χ4n) is 2.26. The number of rotatable bonds is 4. The maximum Gasteiger partial charge on any atom is 0.252 e. The van der Waals surface area contributed by atoms with Crippen molar-refractivity contribution in [1.82, 2.24) is 9.55 Å². The van der Waals surface area contributed by atoms with E-state index in [1.165, 1.54) is 0 Å². The summed E-state index contributed by atoms with van der Waals surface area (Å²) in [5.41, 5.74) is 1.63. The molecule has 0 bridgehead atoms. The Morgan fingerprint density at radius 1 is 1.00 bits per heavy atom. The highest BCUT2D eigenvalue weighted by molar-refractivity contribution is 5.95. The van der Waals surface area contributed by atoms with E-state index in [0.717, 1.165) is 5.56 Å². The molecule has 0 saturated carbocycles. The monoisotopic (exact) mass is 277 g/mol. The van der Waals surface area contributed by atoms with Crippen molar-refractivity contribution in [3.8, 4) is 0 Å². The van der Waals surface area contributed by atoms with Crippen LogP contribution in [0, 0.1) is 0 Å². The number of pyridine rings is 1. The van der Waals surface area contributed by atoms with Crippen molar-refractivity contribution in [2.24, 2.45) is 0 Å². The molecule has 1 atom stereocenters. The molecule has 0 aliphatic rings. The molecule has 4 heteroatoms. The standard InChI is InChI=1S/C17H15N3O/c21-17(19-15-9-6-10-18-13-15)16(20-11-4-5-12-20)14-7-2-1-3-8-14/h1-13,16H,(H,19,21)/t16-/m0/s1. The van der Waals surface area contributed by atoms with Crippen molar-refractivity contribution < 1.29 is 4.79 Å². The minimum absolute atomic E-state index is 0.0922. The summed E-state index contributed by atoms with van der Waals surface area (Å²) in [6.45, 7) is 0. The van der Waals surface area contributed by atoms with Gasteiger partial charge in [-0.3, -0.25) is 9.78 Å². The van der Waals surface area contributed by atoms with Crippen molar-refractivity contribution in [2.75, 3.05) is 5.32 Å². The van der Waals surface area contributed by atoms with Crippen LogP contribution in [0.2, 0.25) is 0 Å². The summed E-state index contributed by atoms with van der Waals surface area (Å²) in [6, 6.07) is 16.7. The number of hydrogen-bond acceptors (Lipinski definition) is 2. The molecule has 3 rings (SSSR count). The third-order valence-corrected chi connectivity index (χ3v) is 3.22. The zero-order valence-electron chi connectivity index (χ0n) is 11.4. The zero-order valence-corrected chi connectivity index (χ0v) is 11.4. The summed E-state index contributed by atoms with van der Waals surface area (Å²) in [5.74, 6) is -0.0922. The Balaban J connectivity index is 1.91. The molecule has 1 aromatic carbocycles. The summed E-state index contributed by atoms with van der Waals surface area (Å²) in [7, 11) is 0. The van der Waals surface area contributed by atoms with E-state index in [4.69, 9.17) is 0 Å². The molecule has 0 saturated heterocycles. The number of hydrogen-bond donors (Lipinski definition) is 1. The topological polar surface area (TPSA) is 46.9 Å². The largest absolute Gasteiger partial charge is 0.338 e. The van der Waals surface area contributed by atoms with Gasteiger partial charge >= 0.3 is 0 Å². The molecule has 0 aliphatic heterocycles. The number of anilines is 1. The van der Waals surface area contributed by atoms with Crippen LogP contribution in [0.1, 0.15) is 11.6 Å². The maximum atomic E-state index is 12.7. The van der Waals surface area contributed by atoms with Crippen molar-refractivity contribution in [3.63, 3.8) is 0 Å². The van der Waals surface area contributed by atoms with E-state index in [0.29, 0.717) is 5.69 Å². The molecular weight excluding hydrogens is 262 g/mol. The molecule has 2 aromatic heterocycles. The van der Waals surface area contributed by atoms with Crippen LogP contribution in [0.3, 0.4) is 0 Å². The highest BCUT2D eigenvalue weighted by Gasteiger charge is 2.21. The number of aromatic nitrogens is 2. The highest BCUT2D eigenvalue weighted by Crippen LogP contribution is 2.20. The van der Waals surface area contributed by atoms with Gasteiger partial charge in [0.2, 0.25) is 0 Å². The second-order valence-electron chi connectivity index (χ2n) is 4.67. The van der Waals surface area contributed by atoms with Gasteiger partial charge in [-0.15, -0.1) is 0 Å². The van der Waals surface area contributed by atoms with E-state index in [2.05, 4.69) is 10.3 Å². The number of carbonyl (C=O) groups excluding carboxylic acids is 1. The smallest absolute Gasteiger partial charge is 0.252 e. The van der Waals surface area contributed by atoms with Gasteiger partial charge in [0.15, 0.2) is 0 Å². The van der Waals surface area contributed by atoms with E-state index in [9.17, 15) is 4.79 Å². The third kappa shape index (κ3) is 3.00. The minimum atomic E-state index is -0.401. The predicted octanol–water partition coefficient (Wildman–Crippen LogP) is 3.11. The van der Waals surface area contributed by atoms with Gasteiger partial charge in [0.25, 0.3) is 5.91 Å². The molecule has 4 nitrogen and oxygen atoms in total. The summed E-state index contributed by atoms with van der Waals surface area (Å²) < 4.78 is 1.89. The fraction of sp³-hybridized carbons (Fsp3) is 0.0588. The summed E-state index contributed by atoms with van der Waals surface area (Å²) in [4.78, 5) is 16.7. The van der Waals surface area contributed by atoms with Gasteiger partial charge in [0, 0.05) is 18.6 Å². The molecule has 21 heavy (non-hydrogen) atoms. The number of carbonyl (C=O) groups is 1. The van der Waals surface area contributed by atoms with Crippen LogP contribution in [0.4, 0.5) is 5.69 Å². The second-order valence-corrected chi connectivity index (χ2v) is 4.67. The summed E-state index contributed by atoms with van der Waals surface area (Å²) in [6.07, 6.45) is 7.09. The Hall–Kier alpha value is -2.88. The molecule has 2 heterocycles. The Labute approximate surface area is 123 Å². The Kier molecular flexibility index (Phi) is 3.78. The number of benzene rings is 1. The second kappa shape index (κ2) is 6.05. The number of nitrogens with one attached hydrogen (secondary N) is 1. The molecule has 3 aromatic rings. The fourth-order valence-corrected chi connectivity index (χ4v) is 2.26. The zero-order chi connectivity index (χ0) is 14.5. The average molecular weight is 277 g/mol. The highest BCUT2D eigenvalue weighted by atomic mass is 16.2. The quantitative estimate of drug-likeness (QED) is 0.796. The first-order valence-corrected chi connectivity index (χ1v) is 6.73. The van der Waals surface area contributed by atoms with Crippen molar-refractivity contribution >= 4 is 11.6 Å². The molecule has 0 fully saturated rings. The van der Waals surface area contributed by atoms with Crippen LogP contribution in [-0.4, -0.2) is 15.5 Å². The lowest BCUT2D eigenvalue weighted by molar-refractivity contribution is -0.118. The molecule has 0 unspecified atom stereocenters. The molecule has 104 valence electrons. The molecular formula is C17H15N3O. The Morgan fingerprint density at radius 3 is 2.43 bits per heavy atom. The van der Waals surface area contributed by atoms with E-state index in [-0.39, 0.29) is 5.91 Å². The lowest BCUT2D eigenvalue weighted by Gasteiger charge is -2.19. The van der Waals surface area contributed by atoms with Crippen LogP contribution in [0.5, 0.6) is 0 Å².